The Labute approximate surface area is 119 Å². The molecule has 0 amide bonds. The highest BCUT2D eigenvalue weighted by atomic mass is 16.5. The van der Waals surface area contributed by atoms with Crippen LogP contribution in [0.4, 0.5) is 0 Å². The summed E-state index contributed by atoms with van der Waals surface area (Å²) in [4.78, 5) is 2.76. The average Bonchev–Trinajstić information content (AvgIpc) is 2.44. The molecule has 2 fully saturated rings. The van der Waals surface area contributed by atoms with Crippen molar-refractivity contribution in [2.24, 2.45) is 5.92 Å². The maximum absolute atomic E-state index is 5.73. The summed E-state index contributed by atoms with van der Waals surface area (Å²) in [7, 11) is 0. The topological polar surface area (TPSA) is 24.5 Å². The molecule has 3 unspecified atom stereocenters. The lowest BCUT2D eigenvalue weighted by molar-refractivity contribution is 0.00409. The van der Waals surface area contributed by atoms with Crippen LogP contribution in [0.1, 0.15) is 52.4 Å². The molecule has 2 saturated heterocycles. The lowest BCUT2D eigenvalue weighted by atomic mass is 9.91. The Hall–Kier alpha value is -0.120. The van der Waals surface area contributed by atoms with Crippen molar-refractivity contribution in [3.63, 3.8) is 0 Å². The average molecular weight is 268 g/mol. The van der Waals surface area contributed by atoms with Gasteiger partial charge in [0, 0.05) is 31.2 Å². The van der Waals surface area contributed by atoms with Crippen LogP contribution in [0.5, 0.6) is 0 Å². The van der Waals surface area contributed by atoms with Crippen molar-refractivity contribution in [3.8, 4) is 0 Å². The second-order valence-electron chi connectivity index (χ2n) is 6.22. The number of piperidine rings is 1. The van der Waals surface area contributed by atoms with Gasteiger partial charge < -0.3 is 10.1 Å². The monoisotopic (exact) mass is 268 g/mol. The predicted octanol–water partition coefficient (Wildman–Crippen LogP) is 2.66. The predicted molar refractivity (Wildman–Crippen MR) is 80.5 cm³/mol. The van der Waals surface area contributed by atoms with E-state index in [0.717, 1.165) is 25.8 Å². The molecule has 0 aromatic heterocycles. The minimum absolute atomic E-state index is 0.669. The van der Waals surface area contributed by atoms with E-state index in [2.05, 4.69) is 24.1 Å². The van der Waals surface area contributed by atoms with Gasteiger partial charge in [0.25, 0.3) is 0 Å². The van der Waals surface area contributed by atoms with E-state index < -0.39 is 0 Å². The van der Waals surface area contributed by atoms with Gasteiger partial charge in [-0.25, -0.2) is 0 Å². The highest BCUT2D eigenvalue weighted by Crippen LogP contribution is 2.24. The van der Waals surface area contributed by atoms with Gasteiger partial charge in [0.05, 0.1) is 6.61 Å². The molecule has 1 N–H and O–H groups in total. The molecule has 2 aliphatic rings. The number of hydrogen-bond acceptors (Lipinski definition) is 3. The molecule has 0 bridgehead atoms. The summed E-state index contributed by atoms with van der Waals surface area (Å²) in [6.07, 6.45) is 8.11. The summed E-state index contributed by atoms with van der Waals surface area (Å²) in [6.45, 7) is 10.0. The number of nitrogens with zero attached hydrogens (tertiary/aromatic N) is 1. The maximum atomic E-state index is 5.73. The summed E-state index contributed by atoms with van der Waals surface area (Å²) in [6, 6.07) is 1.51. The van der Waals surface area contributed by atoms with E-state index in [1.165, 1.54) is 51.6 Å². The molecule has 0 aliphatic carbocycles. The van der Waals surface area contributed by atoms with Gasteiger partial charge in [0.2, 0.25) is 0 Å². The molecule has 3 atom stereocenters. The molecule has 112 valence electrons. The van der Waals surface area contributed by atoms with Gasteiger partial charge in [-0.1, -0.05) is 26.7 Å². The largest absolute Gasteiger partial charge is 0.381 e. The van der Waals surface area contributed by atoms with Crippen molar-refractivity contribution in [1.82, 2.24) is 10.2 Å². The lowest BCUT2D eigenvalue weighted by Gasteiger charge is -2.41. The Morgan fingerprint density at radius 1 is 1.21 bits per heavy atom. The zero-order chi connectivity index (χ0) is 13.5. The summed E-state index contributed by atoms with van der Waals surface area (Å²) >= 11 is 0. The maximum Gasteiger partial charge on any atom is 0.0521 e. The molecular weight excluding hydrogens is 236 g/mol. The first-order valence-corrected chi connectivity index (χ1v) is 8.40. The number of hydrogen-bond donors (Lipinski definition) is 1. The minimum Gasteiger partial charge on any atom is -0.381 e. The van der Waals surface area contributed by atoms with Crippen molar-refractivity contribution >= 4 is 0 Å². The van der Waals surface area contributed by atoms with Gasteiger partial charge in [-0.05, 0) is 38.8 Å². The normalized spacial score (nSPS) is 33.5. The van der Waals surface area contributed by atoms with E-state index in [-0.39, 0.29) is 0 Å². The van der Waals surface area contributed by atoms with Gasteiger partial charge in [0.15, 0.2) is 0 Å². The fraction of sp³-hybridized carbons (Fsp3) is 1.00. The minimum atomic E-state index is 0.669. The SMILES string of the molecule is CCCC1CCCCN1CC1COCCC1NCC. The second kappa shape index (κ2) is 8.23. The third kappa shape index (κ3) is 4.44. The van der Waals surface area contributed by atoms with E-state index in [9.17, 15) is 0 Å². The van der Waals surface area contributed by atoms with Crippen LogP contribution >= 0.6 is 0 Å². The zero-order valence-corrected chi connectivity index (χ0v) is 12.9. The molecule has 2 heterocycles. The number of ether oxygens (including phenoxy) is 1. The molecule has 0 saturated carbocycles. The molecule has 0 aromatic carbocycles. The van der Waals surface area contributed by atoms with Crippen molar-refractivity contribution in [2.45, 2.75) is 64.5 Å². The summed E-state index contributed by atoms with van der Waals surface area (Å²) < 4.78 is 5.73. The standard InChI is InChI=1S/C16H32N2O/c1-3-7-15-8-5-6-10-18(15)12-14-13-19-11-9-16(14)17-4-2/h14-17H,3-13H2,1-2H3. The van der Waals surface area contributed by atoms with Crippen molar-refractivity contribution < 1.29 is 4.74 Å². The molecular formula is C16H32N2O. The van der Waals surface area contributed by atoms with E-state index in [0.29, 0.717) is 12.0 Å². The molecule has 2 rings (SSSR count). The molecule has 19 heavy (non-hydrogen) atoms. The second-order valence-corrected chi connectivity index (χ2v) is 6.22. The summed E-state index contributed by atoms with van der Waals surface area (Å²) in [5.74, 6) is 0.686. The fourth-order valence-corrected chi connectivity index (χ4v) is 3.77. The molecule has 2 aliphatic heterocycles. The van der Waals surface area contributed by atoms with E-state index in [1.807, 2.05) is 0 Å². The van der Waals surface area contributed by atoms with Crippen molar-refractivity contribution in [2.75, 3.05) is 32.8 Å². The van der Waals surface area contributed by atoms with Gasteiger partial charge in [-0.2, -0.15) is 0 Å². The van der Waals surface area contributed by atoms with Crippen LogP contribution in [-0.2, 0) is 4.74 Å². The first kappa shape index (κ1) is 15.3. The van der Waals surface area contributed by atoms with Crippen LogP contribution in [0.3, 0.4) is 0 Å². The van der Waals surface area contributed by atoms with Gasteiger partial charge in [-0.3, -0.25) is 4.90 Å². The van der Waals surface area contributed by atoms with Crippen LogP contribution in [-0.4, -0.2) is 49.8 Å². The summed E-state index contributed by atoms with van der Waals surface area (Å²) in [5.41, 5.74) is 0. The van der Waals surface area contributed by atoms with E-state index >= 15 is 0 Å². The Kier molecular flexibility index (Phi) is 6.62. The third-order valence-electron chi connectivity index (χ3n) is 4.78. The van der Waals surface area contributed by atoms with Gasteiger partial charge in [0.1, 0.15) is 0 Å². The lowest BCUT2D eigenvalue weighted by Crippen LogP contribution is -2.50. The third-order valence-corrected chi connectivity index (χ3v) is 4.78. The Balaban J connectivity index is 1.88. The molecule has 0 spiro atoms. The smallest absolute Gasteiger partial charge is 0.0521 e. The number of rotatable bonds is 6. The zero-order valence-electron chi connectivity index (χ0n) is 12.9. The molecule has 0 aromatic rings. The van der Waals surface area contributed by atoms with Crippen LogP contribution in [0.15, 0.2) is 0 Å². The number of likely N-dealkylation sites (tertiary alicyclic amines) is 1. The van der Waals surface area contributed by atoms with Gasteiger partial charge in [-0.15, -0.1) is 0 Å². The molecule has 3 heteroatoms. The number of nitrogens with one attached hydrogen (secondary N) is 1. The van der Waals surface area contributed by atoms with Crippen LogP contribution in [0.2, 0.25) is 0 Å². The van der Waals surface area contributed by atoms with Crippen molar-refractivity contribution in [1.29, 1.82) is 0 Å². The Bertz CT molecular complexity index is 219. The highest BCUT2D eigenvalue weighted by Gasteiger charge is 2.30. The van der Waals surface area contributed by atoms with Crippen molar-refractivity contribution in [3.05, 3.63) is 0 Å². The Morgan fingerprint density at radius 2 is 2.11 bits per heavy atom. The van der Waals surface area contributed by atoms with Crippen LogP contribution < -0.4 is 5.32 Å². The highest BCUT2D eigenvalue weighted by molar-refractivity contribution is 4.85. The first-order chi connectivity index (χ1) is 9.35. The van der Waals surface area contributed by atoms with E-state index in [4.69, 9.17) is 4.74 Å². The quantitative estimate of drug-likeness (QED) is 0.801. The molecule has 3 nitrogen and oxygen atoms in total. The summed E-state index contributed by atoms with van der Waals surface area (Å²) in [5, 5.41) is 3.66. The van der Waals surface area contributed by atoms with Crippen LogP contribution in [0, 0.1) is 5.92 Å². The fourth-order valence-electron chi connectivity index (χ4n) is 3.77. The first-order valence-electron chi connectivity index (χ1n) is 8.40. The van der Waals surface area contributed by atoms with Gasteiger partial charge >= 0.3 is 0 Å². The van der Waals surface area contributed by atoms with E-state index in [1.54, 1.807) is 0 Å². The molecule has 0 radical (unpaired) electrons. The Morgan fingerprint density at radius 3 is 2.89 bits per heavy atom. The van der Waals surface area contributed by atoms with Crippen LogP contribution in [0.25, 0.3) is 0 Å².